The first-order valence-electron chi connectivity index (χ1n) is 7.37. The molecule has 27 heavy (non-hydrogen) atoms. The Hall–Kier alpha value is -3.00. The van der Waals surface area contributed by atoms with Gasteiger partial charge in [-0.15, -0.1) is 0 Å². The summed E-state index contributed by atoms with van der Waals surface area (Å²) in [5, 5.41) is 8.38. The summed E-state index contributed by atoms with van der Waals surface area (Å²) < 4.78 is 42.6. The van der Waals surface area contributed by atoms with Gasteiger partial charge >= 0.3 is 17.8 Å². The third-order valence-corrected chi connectivity index (χ3v) is 3.38. The summed E-state index contributed by atoms with van der Waals surface area (Å²) in [5.74, 6) is -2.28. The van der Waals surface area contributed by atoms with Crippen LogP contribution in [-0.2, 0) is 11.4 Å². The summed E-state index contributed by atoms with van der Waals surface area (Å²) in [4.78, 5) is 20.4. The molecule has 0 amide bonds. The molecule has 0 atom stereocenters. The van der Waals surface area contributed by atoms with Crippen molar-refractivity contribution in [2.45, 2.75) is 12.8 Å². The Labute approximate surface area is 155 Å². The van der Waals surface area contributed by atoms with Crippen molar-refractivity contribution in [1.29, 1.82) is 0 Å². The van der Waals surface area contributed by atoms with Gasteiger partial charge in [0, 0.05) is 5.02 Å². The van der Waals surface area contributed by atoms with Crippen LogP contribution in [0.15, 0.2) is 63.8 Å². The van der Waals surface area contributed by atoms with Gasteiger partial charge in [0.2, 0.25) is 0 Å². The number of hydrogen-bond acceptors (Lipinski definition) is 4. The molecule has 1 heterocycles. The van der Waals surface area contributed by atoms with Crippen molar-refractivity contribution >= 4 is 28.5 Å². The molecule has 142 valence electrons. The summed E-state index contributed by atoms with van der Waals surface area (Å²) in [7, 11) is 0. The van der Waals surface area contributed by atoms with Crippen molar-refractivity contribution in [1.82, 2.24) is 0 Å². The molecular weight excluding hydrogens is 389 g/mol. The van der Waals surface area contributed by atoms with Crippen molar-refractivity contribution in [2.24, 2.45) is 0 Å². The molecule has 0 aliphatic heterocycles. The standard InChI is InChI=1S/C16H11ClO3.C2HF3O2/c17-12-6-7-14-13(8-12)15(9-16(18)20-14)19-10-11-4-2-1-3-5-11;3-2(4,5)1(6)7/h1-9H,10H2;(H,6,7). The Morgan fingerprint density at radius 2 is 1.74 bits per heavy atom. The Kier molecular flexibility index (Phi) is 6.46. The fraction of sp³-hybridized carbons (Fsp3) is 0.111. The molecule has 0 spiro atoms. The molecule has 3 aromatic rings. The van der Waals surface area contributed by atoms with Crippen LogP contribution in [0.3, 0.4) is 0 Å². The lowest BCUT2D eigenvalue weighted by atomic mass is 10.2. The van der Waals surface area contributed by atoms with Crippen LogP contribution in [0, 0.1) is 0 Å². The second-order valence-corrected chi connectivity index (χ2v) is 5.58. The predicted molar refractivity (Wildman–Crippen MR) is 92.0 cm³/mol. The van der Waals surface area contributed by atoms with E-state index in [-0.39, 0.29) is 0 Å². The first-order valence-corrected chi connectivity index (χ1v) is 7.75. The summed E-state index contributed by atoms with van der Waals surface area (Å²) >= 11 is 5.97. The van der Waals surface area contributed by atoms with Gasteiger partial charge in [0.1, 0.15) is 17.9 Å². The van der Waals surface area contributed by atoms with Crippen molar-refractivity contribution in [3.8, 4) is 5.75 Å². The van der Waals surface area contributed by atoms with Crippen molar-refractivity contribution in [2.75, 3.05) is 0 Å². The number of alkyl halides is 3. The fourth-order valence-electron chi connectivity index (χ4n) is 1.96. The molecule has 0 bridgehead atoms. The van der Waals surface area contributed by atoms with E-state index < -0.39 is 17.8 Å². The molecule has 0 radical (unpaired) electrons. The maximum absolute atomic E-state index is 11.5. The van der Waals surface area contributed by atoms with E-state index in [1.165, 1.54) is 6.07 Å². The molecule has 1 N–H and O–H groups in total. The molecule has 0 unspecified atom stereocenters. The first kappa shape index (κ1) is 20.3. The van der Waals surface area contributed by atoms with Gasteiger partial charge in [0.25, 0.3) is 0 Å². The number of hydrogen-bond donors (Lipinski definition) is 1. The minimum atomic E-state index is -5.08. The van der Waals surface area contributed by atoms with Crippen LogP contribution in [0.2, 0.25) is 5.02 Å². The molecule has 0 aliphatic carbocycles. The zero-order valence-corrected chi connectivity index (χ0v) is 14.3. The van der Waals surface area contributed by atoms with Crippen molar-refractivity contribution in [3.63, 3.8) is 0 Å². The molecule has 9 heteroatoms. The van der Waals surface area contributed by atoms with E-state index >= 15 is 0 Å². The molecule has 1 aromatic heterocycles. The maximum Gasteiger partial charge on any atom is 0.490 e. The lowest BCUT2D eigenvalue weighted by Gasteiger charge is -2.08. The minimum Gasteiger partial charge on any atom is -0.488 e. The number of fused-ring (bicyclic) bond motifs is 1. The van der Waals surface area contributed by atoms with Crippen LogP contribution in [0.5, 0.6) is 5.75 Å². The second-order valence-electron chi connectivity index (χ2n) is 5.15. The highest BCUT2D eigenvalue weighted by molar-refractivity contribution is 6.31. The van der Waals surface area contributed by atoms with E-state index in [4.69, 9.17) is 30.7 Å². The fourth-order valence-corrected chi connectivity index (χ4v) is 2.13. The molecule has 0 fully saturated rings. The Bertz CT molecular complexity index is 984. The van der Waals surface area contributed by atoms with Gasteiger partial charge < -0.3 is 14.3 Å². The monoisotopic (exact) mass is 400 g/mol. The third-order valence-electron chi connectivity index (χ3n) is 3.15. The summed E-state index contributed by atoms with van der Waals surface area (Å²) in [6.45, 7) is 0.381. The number of aliphatic carboxylic acids is 1. The van der Waals surface area contributed by atoms with Gasteiger partial charge in [0.15, 0.2) is 0 Å². The highest BCUT2D eigenvalue weighted by atomic mass is 35.5. The van der Waals surface area contributed by atoms with Crippen LogP contribution >= 0.6 is 11.6 Å². The Morgan fingerprint density at radius 3 is 2.33 bits per heavy atom. The van der Waals surface area contributed by atoms with Crippen molar-refractivity contribution in [3.05, 3.63) is 75.6 Å². The van der Waals surface area contributed by atoms with Gasteiger partial charge in [-0.05, 0) is 23.8 Å². The second kappa shape index (κ2) is 8.59. The highest BCUT2D eigenvalue weighted by Gasteiger charge is 2.38. The third kappa shape index (κ3) is 6.03. The van der Waals surface area contributed by atoms with E-state index in [9.17, 15) is 18.0 Å². The summed E-state index contributed by atoms with van der Waals surface area (Å²) in [6, 6.07) is 16.1. The molecule has 0 saturated carbocycles. The number of carboxylic acids is 1. The smallest absolute Gasteiger partial charge is 0.488 e. The Morgan fingerprint density at radius 1 is 1.11 bits per heavy atom. The number of rotatable bonds is 3. The molecule has 3 rings (SSSR count). The number of ether oxygens (including phenoxy) is 1. The SMILES string of the molecule is O=C(O)C(F)(F)F.O=c1cc(OCc2ccccc2)c2cc(Cl)ccc2o1. The van der Waals surface area contributed by atoms with Crippen LogP contribution in [-0.4, -0.2) is 17.3 Å². The Balaban J connectivity index is 0.000000321. The average molecular weight is 401 g/mol. The van der Waals surface area contributed by atoms with Crippen LogP contribution in [0.1, 0.15) is 5.56 Å². The van der Waals surface area contributed by atoms with Gasteiger partial charge in [-0.2, -0.15) is 13.2 Å². The van der Waals surface area contributed by atoms with Gasteiger partial charge in [0.05, 0.1) is 11.5 Å². The summed E-state index contributed by atoms with van der Waals surface area (Å²) in [5.41, 5.74) is 1.05. The normalized spacial score (nSPS) is 10.8. The number of benzene rings is 2. The molecule has 0 saturated heterocycles. The van der Waals surface area contributed by atoms with Gasteiger partial charge in [-0.25, -0.2) is 9.59 Å². The van der Waals surface area contributed by atoms with Crippen LogP contribution in [0.25, 0.3) is 11.0 Å². The van der Waals surface area contributed by atoms with Crippen LogP contribution in [0.4, 0.5) is 13.2 Å². The lowest BCUT2D eigenvalue weighted by molar-refractivity contribution is -0.192. The van der Waals surface area contributed by atoms with E-state index in [2.05, 4.69) is 0 Å². The van der Waals surface area contributed by atoms with Gasteiger partial charge in [-0.1, -0.05) is 41.9 Å². The average Bonchev–Trinajstić information content (AvgIpc) is 2.60. The van der Waals surface area contributed by atoms with E-state index in [1.807, 2.05) is 30.3 Å². The molecule has 2 aromatic carbocycles. The van der Waals surface area contributed by atoms with E-state index in [1.54, 1.807) is 18.2 Å². The maximum atomic E-state index is 11.5. The quantitative estimate of drug-likeness (QED) is 0.647. The minimum absolute atomic E-state index is 0.381. The van der Waals surface area contributed by atoms with Gasteiger partial charge in [-0.3, -0.25) is 0 Å². The first-order chi connectivity index (χ1) is 12.7. The van der Waals surface area contributed by atoms with Crippen LogP contribution < -0.4 is 10.4 Å². The number of halogens is 4. The van der Waals surface area contributed by atoms with E-state index in [0.717, 1.165) is 5.56 Å². The molecule has 5 nitrogen and oxygen atoms in total. The largest absolute Gasteiger partial charge is 0.490 e. The topological polar surface area (TPSA) is 76.7 Å². The lowest BCUT2D eigenvalue weighted by Crippen LogP contribution is -2.21. The molecule has 0 aliphatic rings. The zero-order chi connectivity index (χ0) is 20.0. The predicted octanol–water partition coefficient (Wildman–Crippen LogP) is 4.66. The van der Waals surface area contributed by atoms with Crippen molar-refractivity contribution < 1.29 is 32.2 Å². The van der Waals surface area contributed by atoms with E-state index in [0.29, 0.717) is 28.3 Å². The zero-order valence-electron chi connectivity index (χ0n) is 13.5. The number of carboxylic acid groups (broad SMARTS) is 1. The molecular formula is C18H12ClF3O5. The summed E-state index contributed by atoms with van der Waals surface area (Å²) in [6.07, 6.45) is -5.08. The highest BCUT2D eigenvalue weighted by Crippen LogP contribution is 2.27. The number of carbonyl (C=O) groups is 1.